The molecule has 0 aromatic heterocycles. The van der Waals surface area contributed by atoms with Crippen LogP contribution in [0.2, 0.25) is 0 Å². The van der Waals surface area contributed by atoms with Crippen molar-refractivity contribution in [1.82, 2.24) is 10.2 Å². The number of piperidine rings is 1. The third kappa shape index (κ3) is 7.56. The van der Waals surface area contributed by atoms with Crippen molar-refractivity contribution in [1.29, 1.82) is 0 Å². The second-order valence-corrected chi connectivity index (χ2v) is 5.73. The maximum absolute atomic E-state index is 3.62. The lowest BCUT2D eigenvalue weighted by molar-refractivity contribution is 0.216. The number of rotatable bonds is 7. The van der Waals surface area contributed by atoms with Crippen LogP contribution < -0.4 is 5.32 Å². The number of hydrogen-bond donors (Lipinski definition) is 1. The molecule has 0 aliphatic carbocycles. The van der Waals surface area contributed by atoms with Crippen molar-refractivity contribution in [2.24, 2.45) is 5.92 Å². The van der Waals surface area contributed by atoms with E-state index < -0.39 is 0 Å². The number of unbranched alkanes of at least 4 members (excludes halogenated alkanes) is 2. The molecule has 1 rings (SSSR count). The van der Waals surface area contributed by atoms with E-state index in [0.717, 1.165) is 5.92 Å². The second-order valence-electron chi connectivity index (χ2n) is 5.73. The van der Waals surface area contributed by atoms with Gasteiger partial charge in [0.15, 0.2) is 0 Å². The highest BCUT2D eigenvalue weighted by atomic mass is 15.1. The van der Waals surface area contributed by atoms with Gasteiger partial charge in [-0.15, -0.1) is 0 Å². The molecule has 1 fully saturated rings. The van der Waals surface area contributed by atoms with E-state index >= 15 is 0 Å². The zero-order valence-corrected chi connectivity index (χ0v) is 12.0. The molecule has 1 aliphatic heterocycles. The number of likely N-dealkylation sites (tertiary alicyclic amines) is 1. The lowest BCUT2D eigenvalue weighted by Crippen LogP contribution is -2.35. The van der Waals surface area contributed by atoms with Gasteiger partial charge in [0.1, 0.15) is 0 Å². The Labute approximate surface area is 107 Å². The summed E-state index contributed by atoms with van der Waals surface area (Å²) in [6.07, 6.45) is 8.99. The van der Waals surface area contributed by atoms with E-state index in [4.69, 9.17) is 0 Å². The van der Waals surface area contributed by atoms with Crippen LogP contribution in [0.1, 0.15) is 46.0 Å². The molecule has 1 aliphatic rings. The van der Waals surface area contributed by atoms with Crippen LogP contribution in [0, 0.1) is 5.92 Å². The molecule has 0 radical (unpaired) electrons. The van der Waals surface area contributed by atoms with Crippen molar-refractivity contribution in [3.05, 3.63) is 11.6 Å². The molecule has 2 heteroatoms. The maximum Gasteiger partial charge on any atom is -0.00187 e. The Morgan fingerprint density at radius 3 is 2.59 bits per heavy atom. The predicted octanol–water partition coefficient (Wildman–Crippen LogP) is 3.05. The van der Waals surface area contributed by atoms with E-state index in [9.17, 15) is 0 Å². The van der Waals surface area contributed by atoms with E-state index in [1.807, 2.05) is 0 Å². The van der Waals surface area contributed by atoms with E-state index in [1.54, 1.807) is 0 Å². The highest BCUT2D eigenvalue weighted by Gasteiger charge is 2.15. The summed E-state index contributed by atoms with van der Waals surface area (Å²) < 4.78 is 0. The molecule has 0 unspecified atom stereocenters. The predicted molar refractivity (Wildman–Crippen MR) is 76.4 cm³/mol. The molecule has 0 amide bonds. The molecule has 0 bridgehead atoms. The van der Waals surface area contributed by atoms with Gasteiger partial charge in [-0.25, -0.2) is 0 Å². The van der Waals surface area contributed by atoms with Crippen LogP contribution in [-0.4, -0.2) is 38.1 Å². The molecule has 0 saturated carbocycles. The average molecular weight is 238 g/mol. The Morgan fingerprint density at radius 1 is 1.24 bits per heavy atom. The average Bonchev–Trinajstić information content (AvgIpc) is 2.30. The molecule has 1 N–H and O–H groups in total. The molecule has 0 atom stereocenters. The summed E-state index contributed by atoms with van der Waals surface area (Å²) in [5, 5.41) is 3.62. The largest absolute Gasteiger partial charge is 0.316 e. The Balaban J connectivity index is 1.89. The first-order valence-corrected chi connectivity index (χ1v) is 7.21. The van der Waals surface area contributed by atoms with Crippen LogP contribution in [0.4, 0.5) is 0 Å². The van der Waals surface area contributed by atoms with Crippen LogP contribution in [0.15, 0.2) is 11.6 Å². The van der Waals surface area contributed by atoms with E-state index in [2.05, 4.69) is 37.2 Å². The van der Waals surface area contributed by atoms with Crippen molar-refractivity contribution in [3.8, 4) is 0 Å². The van der Waals surface area contributed by atoms with Crippen LogP contribution in [0.5, 0.6) is 0 Å². The molecule has 17 heavy (non-hydrogen) atoms. The fraction of sp³-hybridized carbons (Fsp3) is 0.867. The molecule has 0 aromatic carbocycles. The van der Waals surface area contributed by atoms with Gasteiger partial charge in [-0.3, -0.25) is 0 Å². The van der Waals surface area contributed by atoms with Crippen molar-refractivity contribution < 1.29 is 0 Å². The van der Waals surface area contributed by atoms with E-state index in [0.29, 0.717) is 0 Å². The minimum Gasteiger partial charge on any atom is -0.316 e. The monoisotopic (exact) mass is 238 g/mol. The molecule has 1 heterocycles. The number of allylic oxidation sites excluding steroid dienone is 2. The third-order valence-corrected chi connectivity index (χ3v) is 3.63. The highest BCUT2D eigenvalue weighted by molar-refractivity contribution is 4.92. The van der Waals surface area contributed by atoms with Gasteiger partial charge in [-0.05, 0) is 85.1 Å². The van der Waals surface area contributed by atoms with Crippen molar-refractivity contribution in [2.45, 2.75) is 46.0 Å². The molecular formula is C15H30N2. The van der Waals surface area contributed by atoms with Crippen LogP contribution >= 0.6 is 0 Å². The van der Waals surface area contributed by atoms with Gasteiger partial charge < -0.3 is 10.2 Å². The molecule has 1 saturated heterocycles. The zero-order chi connectivity index (χ0) is 12.5. The fourth-order valence-corrected chi connectivity index (χ4v) is 2.36. The van der Waals surface area contributed by atoms with Gasteiger partial charge in [-0.2, -0.15) is 0 Å². The normalized spacial score (nSPS) is 18.3. The van der Waals surface area contributed by atoms with Gasteiger partial charge in [-0.1, -0.05) is 11.6 Å². The van der Waals surface area contributed by atoms with Crippen LogP contribution in [0.3, 0.4) is 0 Å². The minimum absolute atomic E-state index is 0.920. The summed E-state index contributed by atoms with van der Waals surface area (Å²) in [4.78, 5) is 2.44. The van der Waals surface area contributed by atoms with E-state index in [-0.39, 0.29) is 0 Å². The molecule has 100 valence electrons. The molecule has 0 aromatic rings. The topological polar surface area (TPSA) is 15.3 Å². The maximum atomic E-state index is 3.62. The molecule has 0 spiro atoms. The summed E-state index contributed by atoms with van der Waals surface area (Å²) in [7, 11) is 2.23. The van der Waals surface area contributed by atoms with Crippen LogP contribution in [0.25, 0.3) is 0 Å². The zero-order valence-electron chi connectivity index (χ0n) is 12.0. The summed E-state index contributed by atoms with van der Waals surface area (Å²) in [6, 6.07) is 0. The number of nitrogens with one attached hydrogen (secondary N) is 1. The smallest absolute Gasteiger partial charge is 0.00187 e. The van der Waals surface area contributed by atoms with Gasteiger partial charge in [0.2, 0.25) is 0 Å². The van der Waals surface area contributed by atoms with Crippen molar-refractivity contribution in [2.75, 3.05) is 33.2 Å². The first-order chi connectivity index (χ1) is 8.18. The van der Waals surface area contributed by atoms with E-state index in [1.165, 1.54) is 63.9 Å². The lowest BCUT2D eigenvalue weighted by atomic mass is 9.97. The fourth-order valence-electron chi connectivity index (χ4n) is 2.36. The molecule has 2 nitrogen and oxygen atoms in total. The van der Waals surface area contributed by atoms with Gasteiger partial charge in [0.05, 0.1) is 0 Å². The summed E-state index contributed by atoms with van der Waals surface area (Å²) >= 11 is 0. The summed E-state index contributed by atoms with van der Waals surface area (Å²) in [5.41, 5.74) is 1.45. The third-order valence-electron chi connectivity index (χ3n) is 3.63. The summed E-state index contributed by atoms with van der Waals surface area (Å²) in [5.74, 6) is 0.920. The number of nitrogens with zero attached hydrogens (tertiary/aromatic N) is 1. The molecular weight excluding hydrogens is 208 g/mol. The Morgan fingerprint density at radius 2 is 1.94 bits per heavy atom. The van der Waals surface area contributed by atoms with Crippen molar-refractivity contribution in [3.63, 3.8) is 0 Å². The van der Waals surface area contributed by atoms with Gasteiger partial charge in [0.25, 0.3) is 0 Å². The minimum atomic E-state index is 0.920. The van der Waals surface area contributed by atoms with Gasteiger partial charge >= 0.3 is 0 Å². The lowest BCUT2D eigenvalue weighted by Gasteiger charge is -2.29. The Bertz CT molecular complexity index is 211. The summed E-state index contributed by atoms with van der Waals surface area (Å²) in [6.45, 7) is 9.36. The SMILES string of the molecule is CC(C)=CCCCCNCC1CCN(C)CC1. The Kier molecular flexibility index (Phi) is 7.54. The Hall–Kier alpha value is -0.340. The highest BCUT2D eigenvalue weighted by Crippen LogP contribution is 2.14. The van der Waals surface area contributed by atoms with Gasteiger partial charge in [0, 0.05) is 0 Å². The number of hydrogen-bond acceptors (Lipinski definition) is 2. The standard InChI is InChI=1S/C15H30N2/c1-14(2)7-5-4-6-10-16-13-15-8-11-17(3)12-9-15/h7,15-16H,4-6,8-13H2,1-3H3. The quantitative estimate of drug-likeness (QED) is 0.542. The van der Waals surface area contributed by atoms with Crippen molar-refractivity contribution >= 4 is 0 Å². The second kappa shape index (κ2) is 8.71. The first kappa shape index (κ1) is 14.7. The van der Waals surface area contributed by atoms with Crippen LogP contribution in [-0.2, 0) is 0 Å². The first-order valence-electron chi connectivity index (χ1n) is 7.21.